The second-order valence-electron chi connectivity index (χ2n) is 9.81. The highest BCUT2D eigenvalue weighted by atomic mass is 32.2. The fraction of sp³-hybridized carbons (Fsp3) is 0.345. The summed E-state index contributed by atoms with van der Waals surface area (Å²) in [7, 11) is -4.39. The molecular weight excluding hydrogens is 543 g/mol. The number of sulfonamides is 1. The molecule has 11 heteroatoms. The van der Waals surface area contributed by atoms with Crippen molar-refractivity contribution in [1.29, 1.82) is 0 Å². The van der Waals surface area contributed by atoms with E-state index in [1.807, 2.05) is 12.1 Å². The standard InChI is InChI=1S/C29H32F3N3O4S/c1-2-21-18-24(23-4-3-5-27(36)19-23)6-7-25(21)20-34-13-15-35(16-14-34)26-10-8-22(9-11-26)28(37)33-40(38,39)17-12-29(30,31)32/h3-11,18-19,36H,2,12-17,20H2,1H3,(H,33,37). The molecule has 1 saturated heterocycles. The molecule has 0 atom stereocenters. The Labute approximate surface area is 232 Å². The molecule has 40 heavy (non-hydrogen) atoms. The number of phenolic OH excluding ortho intramolecular Hbond substituents is 1. The van der Waals surface area contributed by atoms with Crippen LogP contribution in [0.15, 0.2) is 66.7 Å². The van der Waals surface area contributed by atoms with E-state index in [4.69, 9.17) is 0 Å². The summed E-state index contributed by atoms with van der Waals surface area (Å²) in [5, 5.41) is 9.81. The summed E-state index contributed by atoms with van der Waals surface area (Å²) >= 11 is 0. The Morgan fingerprint density at radius 3 is 2.23 bits per heavy atom. The number of aromatic hydroxyl groups is 1. The number of carbonyl (C=O) groups excluding carboxylic acids is 1. The molecule has 1 aliphatic heterocycles. The Morgan fingerprint density at radius 1 is 0.925 bits per heavy atom. The van der Waals surface area contributed by atoms with Crippen molar-refractivity contribution in [3.05, 3.63) is 83.4 Å². The van der Waals surface area contributed by atoms with Crippen LogP contribution < -0.4 is 9.62 Å². The van der Waals surface area contributed by atoms with Gasteiger partial charge in [-0.05, 0) is 65.1 Å². The fourth-order valence-electron chi connectivity index (χ4n) is 4.70. The summed E-state index contributed by atoms with van der Waals surface area (Å²) in [6, 6.07) is 20.0. The molecule has 0 spiro atoms. The van der Waals surface area contributed by atoms with Crippen LogP contribution in [0.1, 0.15) is 34.8 Å². The van der Waals surface area contributed by atoms with Crippen LogP contribution in [-0.2, 0) is 23.0 Å². The Hall–Kier alpha value is -3.57. The highest BCUT2D eigenvalue weighted by Crippen LogP contribution is 2.27. The number of nitrogens with one attached hydrogen (secondary N) is 1. The normalized spacial score (nSPS) is 14.8. The number of alkyl halides is 3. The number of halogens is 3. The van der Waals surface area contributed by atoms with Crippen molar-refractivity contribution >= 4 is 21.6 Å². The van der Waals surface area contributed by atoms with Gasteiger partial charge >= 0.3 is 6.18 Å². The van der Waals surface area contributed by atoms with Gasteiger partial charge < -0.3 is 10.0 Å². The quantitative estimate of drug-likeness (QED) is 0.375. The molecule has 2 N–H and O–H groups in total. The van der Waals surface area contributed by atoms with Gasteiger partial charge in [0.1, 0.15) is 5.75 Å². The van der Waals surface area contributed by atoms with Crippen molar-refractivity contribution in [2.24, 2.45) is 0 Å². The van der Waals surface area contributed by atoms with Crippen LogP contribution in [0, 0.1) is 0 Å². The summed E-state index contributed by atoms with van der Waals surface area (Å²) in [6.07, 6.45) is -5.25. The summed E-state index contributed by atoms with van der Waals surface area (Å²) in [6.45, 7) is 6.14. The fourth-order valence-corrected chi connectivity index (χ4v) is 5.71. The minimum absolute atomic E-state index is 0.0548. The molecule has 7 nitrogen and oxygen atoms in total. The predicted octanol–water partition coefficient (Wildman–Crippen LogP) is 4.96. The van der Waals surface area contributed by atoms with Gasteiger partial charge in [-0.1, -0.05) is 37.3 Å². The van der Waals surface area contributed by atoms with E-state index in [2.05, 4.69) is 34.9 Å². The molecule has 214 valence electrons. The summed E-state index contributed by atoms with van der Waals surface area (Å²) in [5.74, 6) is -1.92. The Bertz CT molecular complexity index is 1440. The third-order valence-corrected chi connectivity index (χ3v) is 8.17. The van der Waals surface area contributed by atoms with Gasteiger partial charge in [0.15, 0.2) is 0 Å². The van der Waals surface area contributed by atoms with E-state index in [1.54, 1.807) is 29.0 Å². The molecule has 0 aromatic heterocycles. The van der Waals surface area contributed by atoms with Gasteiger partial charge in [-0.15, -0.1) is 0 Å². The summed E-state index contributed by atoms with van der Waals surface area (Å²) in [4.78, 5) is 16.8. The van der Waals surface area contributed by atoms with Crippen LogP contribution in [0.4, 0.5) is 18.9 Å². The van der Waals surface area contributed by atoms with E-state index in [1.165, 1.54) is 23.3 Å². The summed E-state index contributed by atoms with van der Waals surface area (Å²) < 4.78 is 62.3. The molecule has 4 rings (SSSR count). The molecule has 0 aliphatic carbocycles. The van der Waals surface area contributed by atoms with Gasteiger partial charge in [0.2, 0.25) is 10.0 Å². The molecule has 3 aromatic rings. The number of nitrogens with zero attached hydrogens (tertiary/aromatic N) is 2. The molecule has 0 saturated carbocycles. The molecule has 1 aliphatic rings. The third kappa shape index (κ3) is 7.98. The predicted molar refractivity (Wildman–Crippen MR) is 149 cm³/mol. The van der Waals surface area contributed by atoms with Crippen molar-refractivity contribution < 1.29 is 31.5 Å². The molecular formula is C29H32F3N3O4S. The van der Waals surface area contributed by atoms with E-state index < -0.39 is 34.3 Å². The number of carbonyl (C=O) groups is 1. The van der Waals surface area contributed by atoms with E-state index in [0.717, 1.165) is 56.0 Å². The average molecular weight is 576 g/mol. The molecule has 1 fully saturated rings. The van der Waals surface area contributed by atoms with Crippen LogP contribution in [0.25, 0.3) is 11.1 Å². The number of benzene rings is 3. The van der Waals surface area contributed by atoms with Crippen LogP contribution in [0.3, 0.4) is 0 Å². The zero-order valence-electron chi connectivity index (χ0n) is 22.1. The minimum Gasteiger partial charge on any atom is -0.508 e. The maximum absolute atomic E-state index is 12.3. The van der Waals surface area contributed by atoms with E-state index in [0.29, 0.717) is 0 Å². The highest BCUT2D eigenvalue weighted by Gasteiger charge is 2.30. The zero-order chi connectivity index (χ0) is 28.9. The van der Waals surface area contributed by atoms with Crippen molar-refractivity contribution in [3.63, 3.8) is 0 Å². The monoisotopic (exact) mass is 575 g/mol. The molecule has 0 radical (unpaired) electrons. The Kier molecular flexibility index (Phi) is 9.05. The number of piperazine rings is 1. The van der Waals surface area contributed by atoms with Crippen LogP contribution >= 0.6 is 0 Å². The maximum atomic E-state index is 12.3. The van der Waals surface area contributed by atoms with Gasteiger partial charge in [-0.25, -0.2) is 13.1 Å². The van der Waals surface area contributed by atoms with Gasteiger partial charge in [0.05, 0.1) is 12.2 Å². The lowest BCUT2D eigenvalue weighted by Crippen LogP contribution is -2.46. The number of aryl methyl sites for hydroxylation is 1. The van der Waals surface area contributed by atoms with Crippen LogP contribution in [0.2, 0.25) is 0 Å². The number of hydrogen-bond acceptors (Lipinski definition) is 6. The van der Waals surface area contributed by atoms with Crippen molar-refractivity contribution in [1.82, 2.24) is 9.62 Å². The van der Waals surface area contributed by atoms with E-state index in [9.17, 15) is 31.5 Å². The van der Waals surface area contributed by atoms with Crippen molar-refractivity contribution in [2.45, 2.75) is 32.5 Å². The zero-order valence-corrected chi connectivity index (χ0v) is 22.9. The number of phenols is 1. The van der Waals surface area contributed by atoms with Gasteiger partial charge in [0.25, 0.3) is 5.91 Å². The van der Waals surface area contributed by atoms with Gasteiger partial charge in [-0.3, -0.25) is 9.69 Å². The topological polar surface area (TPSA) is 89.9 Å². The Balaban J connectivity index is 1.32. The first kappa shape index (κ1) is 29.4. The lowest BCUT2D eigenvalue weighted by atomic mass is 9.97. The largest absolute Gasteiger partial charge is 0.508 e. The number of hydrogen-bond donors (Lipinski definition) is 2. The van der Waals surface area contributed by atoms with Gasteiger partial charge in [0, 0.05) is 44.0 Å². The van der Waals surface area contributed by atoms with Gasteiger partial charge in [-0.2, -0.15) is 13.2 Å². The second-order valence-corrected chi connectivity index (χ2v) is 11.7. The average Bonchev–Trinajstić information content (AvgIpc) is 2.92. The van der Waals surface area contributed by atoms with Crippen molar-refractivity contribution in [3.8, 4) is 16.9 Å². The SMILES string of the molecule is CCc1cc(-c2cccc(O)c2)ccc1CN1CCN(c2ccc(C(=O)NS(=O)(=O)CCC(F)(F)F)cc2)CC1. The number of amides is 1. The highest BCUT2D eigenvalue weighted by molar-refractivity contribution is 7.90. The number of anilines is 1. The second kappa shape index (κ2) is 12.3. The number of rotatable bonds is 9. The van der Waals surface area contributed by atoms with E-state index >= 15 is 0 Å². The molecule has 0 bridgehead atoms. The minimum atomic E-state index is -4.62. The van der Waals surface area contributed by atoms with Crippen molar-refractivity contribution in [2.75, 3.05) is 36.8 Å². The first-order chi connectivity index (χ1) is 18.9. The molecule has 1 amide bonds. The molecule has 1 heterocycles. The third-order valence-electron chi connectivity index (χ3n) is 6.93. The first-order valence-corrected chi connectivity index (χ1v) is 14.7. The molecule has 3 aromatic carbocycles. The smallest absolute Gasteiger partial charge is 0.390 e. The lowest BCUT2D eigenvalue weighted by molar-refractivity contribution is -0.130. The molecule has 0 unspecified atom stereocenters. The van der Waals surface area contributed by atoms with E-state index in [-0.39, 0.29) is 11.3 Å². The lowest BCUT2D eigenvalue weighted by Gasteiger charge is -2.36. The Morgan fingerprint density at radius 2 is 1.60 bits per heavy atom. The maximum Gasteiger partial charge on any atom is 0.390 e. The van der Waals surface area contributed by atoms with Crippen LogP contribution in [0.5, 0.6) is 5.75 Å². The van der Waals surface area contributed by atoms with Crippen LogP contribution in [-0.4, -0.2) is 62.4 Å². The summed E-state index contributed by atoms with van der Waals surface area (Å²) in [5.41, 5.74) is 5.50. The first-order valence-electron chi connectivity index (χ1n) is 13.0.